The summed E-state index contributed by atoms with van der Waals surface area (Å²) >= 11 is 2.79. The SMILES string of the molecule is CC(=O)N(C)c1cccc(-c2ccnc3c(C(=O)c4cccs4)cnn23)c1.CC(=O)N(C)c1cccc(-c2ccnc3c(C(=O)c4cccs4)cnn23)c1. The monoisotopic (exact) mass is 752 g/mol. The summed E-state index contributed by atoms with van der Waals surface area (Å²) in [4.78, 5) is 62.0. The lowest BCUT2D eigenvalue weighted by Gasteiger charge is -2.16. The molecule has 0 saturated heterocycles. The highest BCUT2D eigenvalue weighted by atomic mass is 32.1. The number of nitrogens with zero attached hydrogens (tertiary/aromatic N) is 8. The molecule has 0 bridgehead atoms. The van der Waals surface area contributed by atoms with E-state index < -0.39 is 0 Å². The number of hydrogen-bond acceptors (Lipinski definition) is 10. The van der Waals surface area contributed by atoms with E-state index in [9.17, 15) is 19.2 Å². The average Bonchev–Trinajstić information content (AvgIpc) is 4.04. The standard InChI is InChI=1S/2C20H16N4O2S/c2*1-13(25)23(2)15-6-3-5-14(11-15)17-8-9-21-20-16(12-22-24(17)20)19(26)18-7-4-10-27-18/h2*3-12H,1-2H3. The van der Waals surface area contributed by atoms with Crippen LogP contribution in [0.15, 0.2) is 120 Å². The molecule has 0 N–H and O–H groups in total. The molecular formula is C40H32N8O4S2. The molecule has 6 aromatic heterocycles. The first-order valence-corrected chi connectivity index (χ1v) is 18.4. The van der Waals surface area contributed by atoms with E-state index >= 15 is 0 Å². The second-order valence-electron chi connectivity index (χ2n) is 12.1. The van der Waals surface area contributed by atoms with Crippen molar-refractivity contribution in [1.82, 2.24) is 29.2 Å². The summed E-state index contributed by atoms with van der Waals surface area (Å²) in [5.41, 5.74) is 6.88. The Morgan fingerprint density at radius 3 is 1.37 bits per heavy atom. The number of hydrogen-bond donors (Lipinski definition) is 0. The second-order valence-corrected chi connectivity index (χ2v) is 14.0. The van der Waals surface area contributed by atoms with Gasteiger partial charge in [-0.1, -0.05) is 36.4 Å². The molecule has 2 aromatic carbocycles. The number of anilines is 2. The summed E-state index contributed by atoms with van der Waals surface area (Å²) in [5.74, 6) is -0.269. The number of amides is 2. The van der Waals surface area contributed by atoms with E-state index in [1.165, 1.54) is 36.5 Å². The zero-order chi connectivity index (χ0) is 37.9. The van der Waals surface area contributed by atoms with Crippen LogP contribution in [0.1, 0.15) is 44.3 Å². The van der Waals surface area contributed by atoms with Crippen molar-refractivity contribution in [3.63, 3.8) is 0 Å². The zero-order valence-corrected chi connectivity index (χ0v) is 31.2. The van der Waals surface area contributed by atoms with E-state index in [4.69, 9.17) is 0 Å². The summed E-state index contributed by atoms with van der Waals surface area (Å²) in [6, 6.07) is 26.2. The van der Waals surface area contributed by atoms with Gasteiger partial charge >= 0.3 is 0 Å². The number of ketones is 2. The smallest absolute Gasteiger partial charge is 0.223 e. The second kappa shape index (κ2) is 15.1. The van der Waals surface area contributed by atoms with Crippen LogP contribution in [0.3, 0.4) is 0 Å². The maximum Gasteiger partial charge on any atom is 0.223 e. The number of aromatic nitrogens is 6. The Labute approximate surface area is 317 Å². The van der Waals surface area contributed by atoms with Gasteiger partial charge in [-0.25, -0.2) is 19.0 Å². The Kier molecular flexibility index (Phi) is 10.0. The van der Waals surface area contributed by atoms with Crippen molar-refractivity contribution < 1.29 is 19.2 Å². The summed E-state index contributed by atoms with van der Waals surface area (Å²) in [7, 11) is 3.46. The fourth-order valence-electron chi connectivity index (χ4n) is 5.73. The molecule has 8 aromatic rings. The molecule has 54 heavy (non-hydrogen) atoms. The number of rotatable bonds is 8. The molecule has 0 saturated carbocycles. The molecule has 0 atom stereocenters. The van der Waals surface area contributed by atoms with Crippen LogP contribution in [0.2, 0.25) is 0 Å². The van der Waals surface area contributed by atoms with Crippen LogP contribution in [0.5, 0.6) is 0 Å². The number of carbonyl (C=O) groups is 4. The largest absolute Gasteiger partial charge is 0.316 e. The van der Waals surface area contributed by atoms with Gasteiger partial charge < -0.3 is 9.80 Å². The predicted molar refractivity (Wildman–Crippen MR) is 211 cm³/mol. The summed E-state index contributed by atoms with van der Waals surface area (Å²) < 4.78 is 3.32. The van der Waals surface area contributed by atoms with Gasteiger partial charge in [-0.3, -0.25) is 19.2 Å². The quantitative estimate of drug-likeness (QED) is 0.147. The van der Waals surface area contributed by atoms with E-state index in [0.717, 1.165) is 33.9 Å². The highest BCUT2D eigenvalue weighted by Gasteiger charge is 2.20. The maximum absolute atomic E-state index is 12.7. The van der Waals surface area contributed by atoms with E-state index in [0.29, 0.717) is 32.2 Å². The van der Waals surface area contributed by atoms with Gasteiger partial charge in [-0.15, -0.1) is 22.7 Å². The molecular weight excluding hydrogens is 721 g/mol. The third-order valence-corrected chi connectivity index (χ3v) is 10.5. The van der Waals surface area contributed by atoms with Gasteiger partial charge in [0.1, 0.15) is 0 Å². The predicted octanol–water partition coefficient (Wildman–Crippen LogP) is 7.34. The van der Waals surface area contributed by atoms with Gasteiger partial charge in [0.05, 0.1) is 44.7 Å². The Morgan fingerprint density at radius 2 is 1.00 bits per heavy atom. The third kappa shape index (κ3) is 6.95. The molecule has 0 aliphatic rings. The molecule has 14 heteroatoms. The minimum absolute atomic E-state index is 0.0463. The normalized spacial score (nSPS) is 10.9. The molecule has 8 rings (SSSR count). The van der Waals surface area contributed by atoms with Crippen LogP contribution < -0.4 is 9.80 Å². The van der Waals surface area contributed by atoms with Crippen molar-refractivity contribution in [3.8, 4) is 22.5 Å². The van der Waals surface area contributed by atoms with E-state index in [2.05, 4.69) is 20.2 Å². The highest BCUT2D eigenvalue weighted by molar-refractivity contribution is 7.12. The summed E-state index contributed by atoms with van der Waals surface area (Å²) in [5, 5.41) is 12.5. The summed E-state index contributed by atoms with van der Waals surface area (Å²) in [6.07, 6.45) is 6.44. The topological polar surface area (TPSA) is 135 Å². The average molecular weight is 753 g/mol. The lowest BCUT2D eigenvalue weighted by Crippen LogP contribution is -2.22. The van der Waals surface area contributed by atoms with Gasteiger partial charge in [-0.05, 0) is 59.3 Å². The van der Waals surface area contributed by atoms with Gasteiger partial charge in [0.25, 0.3) is 0 Å². The molecule has 0 fully saturated rings. The van der Waals surface area contributed by atoms with Crippen LogP contribution in [0.25, 0.3) is 33.8 Å². The highest BCUT2D eigenvalue weighted by Crippen LogP contribution is 2.28. The lowest BCUT2D eigenvalue weighted by atomic mass is 10.1. The molecule has 0 radical (unpaired) electrons. The lowest BCUT2D eigenvalue weighted by molar-refractivity contribution is -0.117. The summed E-state index contributed by atoms with van der Waals surface area (Å²) in [6.45, 7) is 3.04. The van der Waals surface area contributed by atoms with Gasteiger partial charge in [-0.2, -0.15) is 10.2 Å². The van der Waals surface area contributed by atoms with Crippen LogP contribution in [-0.2, 0) is 9.59 Å². The maximum atomic E-state index is 12.7. The van der Waals surface area contributed by atoms with Crippen molar-refractivity contribution >= 4 is 68.7 Å². The van der Waals surface area contributed by atoms with Crippen molar-refractivity contribution in [2.75, 3.05) is 23.9 Å². The van der Waals surface area contributed by atoms with Gasteiger partial charge in [0, 0.05) is 62.8 Å². The van der Waals surface area contributed by atoms with E-state index in [1.807, 2.05) is 83.6 Å². The molecule has 268 valence electrons. The Morgan fingerprint density at radius 1 is 0.574 bits per heavy atom. The third-order valence-electron chi connectivity index (χ3n) is 8.78. The number of benzene rings is 2. The van der Waals surface area contributed by atoms with Crippen LogP contribution in [0.4, 0.5) is 11.4 Å². The minimum Gasteiger partial charge on any atom is -0.316 e. The minimum atomic E-state index is -0.0882. The number of thiophene rings is 2. The van der Waals surface area contributed by atoms with Crippen LogP contribution >= 0.6 is 22.7 Å². The number of carbonyl (C=O) groups excluding carboxylic acids is 4. The first kappa shape index (κ1) is 35.7. The van der Waals surface area contributed by atoms with Gasteiger partial charge in [0.2, 0.25) is 23.4 Å². The molecule has 0 aliphatic heterocycles. The molecule has 0 unspecified atom stereocenters. The van der Waals surface area contributed by atoms with Crippen LogP contribution in [-0.4, -0.2) is 66.7 Å². The number of fused-ring (bicyclic) bond motifs is 2. The van der Waals surface area contributed by atoms with Gasteiger partial charge in [0.15, 0.2) is 11.3 Å². The Balaban J connectivity index is 0.000000167. The fraction of sp³-hybridized carbons (Fsp3) is 0.100. The molecule has 0 aliphatic carbocycles. The van der Waals surface area contributed by atoms with E-state index in [-0.39, 0.29) is 23.4 Å². The van der Waals surface area contributed by atoms with Crippen molar-refractivity contribution in [3.05, 3.63) is 141 Å². The van der Waals surface area contributed by atoms with Crippen molar-refractivity contribution in [1.29, 1.82) is 0 Å². The Hall–Kier alpha value is -6.64. The zero-order valence-electron chi connectivity index (χ0n) is 29.6. The first-order chi connectivity index (χ1) is 26.1. The van der Waals surface area contributed by atoms with Crippen LogP contribution in [0, 0.1) is 0 Å². The molecule has 0 spiro atoms. The Bertz CT molecular complexity index is 2480. The fourth-order valence-corrected chi connectivity index (χ4v) is 7.09. The first-order valence-electron chi connectivity index (χ1n) is 16.6. The van der Waals surface area contributed by atoms with E-state index in [1.54, 1.807) is 69.8 Å². The van der Waals surface area contributed by atoms with Crippen molar-refractivity contribution in [2.24, 2.45) is 0 Å². The molecule has 6 heterocycles. The molecule has 12 nitrogen and oxygen atoms in total. The van der Waals surface area contributed by atoms with Crippen molar-refractivity contribution in [2.45, 2.75) is 13.8 Å². The molecule has 2 amide bonds.